The summed E-state index contributed by atoms with van der Waals surface area (Å²) in [6.45, 7) is 0. The van der Waals surface area contributed by atoms with Crippen LogP contribution in [-0.2, 0) is 0 Å². The maximum absolute atomic E-state index is 13.4. The van der Waals surface area contributed by atoms with Gasteiger partial charge in [0, 0.05) is 28.8 Å². The second-order valence-corrected chi connectivity index (χ2v) is 7.05. The lowest BCUT2D eigenvalue weighted by Gasteiger charge is -2.08. The Bertz CT molecular complexity index is 1370. The number of furan rings is 1. The van der Waals surface area contributed by atoms with Gasteiger partial charge in [-0.1, -0.05) is 23.7 Å². The van der Waals surface area contributed by atoms with E-state index >= 15 is 0 Å². The van der Waals surface area contributed by atoms with Crippen molar-refractivity contribution in [1.29, 1.82) is 0 Å². The summed E-state index contributed by atoms with van der Waals surface area (Å²) < 4.78 is 19.0. The Hall–Kier alpha value is -4.24. The molecule has 0 fully saturated rings. The minimum absolute atomic E-state index is 0.120. The highest BCUT2D eigenvalue weighted by Crippen LogP contribution is 2.32. The van der Waals surface area contributed by atoms with E-state index in [9.17, 15) is 24.1 Å². The highest BCUT2D eigenvalue weighted by atomic mass is 35.5. The summed E-state index contributed by atoms with van der Waals surface area (Å²) in [6.07, 6.45) is 0. The van der Waals surface area contributed by atoms with Gasteiger partial charge in [-0.15, -0.1) is 0 Å². The predicted molar refractivity (Wildman–Crippen MR) is 117 cm³/mol. The zero-order valence-electron chi connectivity index (χ0n) is 16.1. The molecule has 4 aromatic rings. The number of hydrogen-bond acceptors (Lipinski definition) is 5. The number of nitrogens with one attached hydrogen (secondary N) is 2. The Morgan fingerprint density at radius 1 is 0.969 bits per heavy atom. The lowest BCUT2D eigenvalue weighted by Crippen LogP contribution is -2.17. The SMILES string of the molecule is O=C(Nc1c(C(=O)Nc2ccc(F)c(Cl)c2)oc2ccccc12)c1ccc([N+](=O)[O-])cc1. The van der Waals surface area contributed by atoms with E-state index in [1.807, 2.05) is 0 Å². The van der Waals surface area contributed by atoms with Crippen LogP contribution in [0, 0.1) is 15.9 Å². The number of benzene rings is 3. The molecule has 3 aromatic carbocycles. The minimum atomic E-state index is -0.692. The molecule has 0 atom stereocenters. The maximum atomic E-state index is 13.4. The van der Waals surface area contributed by atoms with Crippen LogP contribution >= 0.6 is 11.6 Å². The van der Waals surface area contributed by atoms with E-state index in [2.05, 4.69) is 10.6 Å². The van der Waals surface area contributed by atoms with Crippen LogP contribution < -0.4 is 10.6 Å². The summed E-state index contributed by atoms with van der Waals surface area (Å²) in [4.78, 5) is 35.8. The van der Waals surface area contributed by atoms with E-state index in [0.717, 1.165) is 6.07 Å². The maximum Gasteiger partial charge on any atom is 0.293 e. The molecule has 0 bridgehead atoms. The largest absolute Gasteiger partial charge is 0.449 e. The number of nitrogens with zero attached hydrogens (tertiary/aromatic N) is 1. The van der Waals surface area contributed by atoms with E-state index in [0.29, 0.717) is 11.0 Å². The van der Waals surface area contributed by atoms with Crippen LogP contribution in [0.2, 0.25) is 5.02 Å². The molecule has 4 rings (SSSR count). The van der Waals surface area contributed by atoms with Gasteiger partial charge in [-0.3, -0.25) is 19.7 Å². The van der Waals surface area contributed by atoms with Crippen molar-refractivity contribution < 1.29 is 23.3 Å². The Balaban J connectivity index is 1.66. The van der Waals surface area contributed by atoms with Crippen LogP contribution in [-0.4, -0.2) is 16.7 Å². The van der Waals surface area contributed by atoms with E-state index in [1.165, 1.54) is 36.4 Å². The summed E-state index contributed by atoms with van der Waals surface area (Å²) in [5.41, 5.74) is 0.698. The highest BCUT2D eigenvalue weighted by Gasteiger charge is 2.23. The molecular weight excluding hydrogens is 441 g/mol. The third-order valence-electron chi connectivity index (χ3n) is 4.56. The van der Waals surface area contributed by atoms with Crippen LogP contribution in [0.3, 0.4) is 0 Å². The van der Waals surface area contributed by atoms with Crippen molar-refractivity contribution in [1.82, 2.24) is 0 Å². The topological polar surface area (TPSA) is 114 Å². The molecule has 2 amide bonds. The molecule has 0 saturated carbocycles. The smallest absolute Gasteiger partial charge is 0.293 e. The molecule has 8 nitrogen and oxygen atoms in total. The lowest BCUT2D eigenvalue weighted by atomic mass is 10.1. The summed E-state index contributed by atoms with van der Waals surface area (Å²) in [6, 6.07) is 15.4. The molecule has 2 N–H and O–H groups in total. The van der Waals surface area contributed by atoms with Gasteiger partial charge in [0.2, 0.25) is 5.76 Å². The van der Waals surface area contributed by atoms with Gasteiger partial charge in [-0.25, -0.2) is 4.39 Å². The van der Waals surface area contributed by atoms with Crippen molar-refractivity contribution >= 4 is 51.4 Å². The van der Waals surface area contributed by atoms with Gasteiger partial charge in [-0.05, 0) is 42.5 Å². The molecule has 0 saturated heterocycles. The average molecular weight is 454 g/mol. The minimum Gasteiger partial charge on any atom is -0.449 e. The number of nitro benzene ring substituents is 1. The quantitative estimate of drug-likeness (QED) is 0.300. The molecule has 0 spiro atoms. The van der Waals surface area contributed by atoms with Crippen molar-refractivity contribution in [2.24, 2.45) is 0 Å². The second-order valence-electron chi connectivity index (χ2n) is 6.64. The molecule has 0 radical (unpaired) electrons. The van der Waals surface area contributed by atoms with E-state index in [4.69, 9.17) is 16.0 Å². The number of amides is 2. The normalized spacial score (nSPS) is 10.7. The first kappa shape index (κ1) is 21.0. The summed E-state index contributed by atoms with van der Waals surface area (Å²) >= 11 is 5.76. The molecule has 0 aliphatic heterocycles. The van der Waals surface area contributed by atoms with Gasteiger partial charge in [-0.2, -0.15) is 0 Å². The van der Waals surface area contributed by atoms with Crippen molar-refractivity contribution in [3.63, 3.8) is 0 Å². The molecule has 0 aliphatic rings. The number of carbonyl (C=O) groups excluding carboxylic acids is 2. The number of hydrogen-bond donors (Lipinski definition) is 2. The number of nitro groups is 1. The molecule has 1 aromatic heterocycles. The summed E-state index contributed by atoms with van der Waals surface area (Å²) in [7, 11) is 0. The first-order chi connectivity index (χ1) is 15.3. The number of non-ortho nitro benzene ring substituents is 1. The van der Waals surface area contributed by atoms with Crippen LogP contribution in [0.25, 0.3) is 11.0 Å². The third-order valence-corrected chi connectivity index (χ3v) is 4.85. The summed E-state index contributed by atoms with van der Waals surface area (Å²) in [5, 5.41) is 16.3. The third kappa shape index (κ3) is 4.14. The standard InChI is InChI=1S/C22H13ClFN3O5/c23-16-11-13(7-10-17(16)24)25-22(29)20-19(15-3-1-2-4-18(15)32-20)26-21(28)12-5-8-14(9-6-12)27(30)31/h1-11H,(H,25,29)(H,26,28). The Kier molecular flexibility index (Phi) is 5.57. The number of halogens is 2. The van der Waals surface area contributed by atoms with E-state index in [-0.39, 0.29) is 33.4 Å². The Morgan fingerprint density at radius 3 is 2.38 bits per heavy atom. The molecule has 10 heteroatoms. The Morgan fingerprint density at radius 2 is 1.69 bits per heavy atom. The molecule has 160 valence electrons. The molecular formula is C22H13ClFN3O5. The molecule has 0 aliphatic carbocycles. The zero-order chi connectivity index (χ0) is 22.8. The number of fused-ring (bicyclic) bond motifs is 1. The van der Waals surface area contributed by atoms with Crippen molar-refractivity contribution in [2.75, 3.05) is 10.6 Å². The van der Waals surface area contributed by atoms with Gasteiger partial charge < -0.3 is 15.1 Å². The Labute approximate surface area is 184 Å². The second kappa shape index (κ2) is 8.48. The van der Waals surface area contributed by atoms with Gasteiger partial charge in [0.1, 0.15) is 17.1 Å². The summed E-state index contributed by atoms with van der Waals surface area (Å²) in [5.74, 6) is -2.10. The van der Waals surface area contributed by atoms with E-state index in [1.54, 1.807) is 24.3 Å². The van der Waals surface area contributed by atoms with Crippen molar-refractivity contribution in [3.8, 4) is 0 Å². The van der Waals surface area contributed by atoms with Crippen LogP contribution in [0.1, 0.15) is 20.9 Å². The van der Waals surface area contributed by atoms with E-state index < -0.39 is 22.6 Å². The number of carbonyl (C=O) groups is 2. The van der Waals surface area contributed by atoms with Crippen molar-refractivity contribution in [2.45, 2.75) is 0 Å². The number of para-hydroxylation sites is 1. The average Bonchev–Trinajstić information content (AvgIpc) is 3.15. The van der Waals surface area contributed by atoms with Crippen LogP contribution in [0.4, 0.5) is 21.5 Å². The van der Waals surface area contributed by atoms with Crippen LogP contribution in [0.15, 0.2) is 71.1 Å². The fourth-order valence-corrected chi connectivity index (χ4v) is 3.19. The number of anilines is 2. The first-order valence-electron chi connectivity index (χ1n) is 9.17. The lowest BCUT2D eigenvalue weighted by molar-refractivity contribution is -0.384. The van der Waals surface area contributed by atoms with Crippen LogP contribution in [0.5, 0.6) is 0 Å². The fourth-order valence-electron chi connectivity index (χ4n) is 3.01. The van der Waals surface area contributed by atoms with Gasteiger partial charge >= 0.3 is 0 Å². The predicted octanol–water partition coefficient (Wildman–Crippen LogP) is 5.64. The highest BCUT2D eigenvalue weighted by molar-refractivity contribution is 6.31. The molecule has 0 unspecified atom stereocenters. The first-order valence-corrected chi connectivity index (χ1v) is 9.55. The molecule has 32 heavy (non-hydrogen) atoms. The zero-order valence-corrected chi connectivity index (χ0v) is 16.9. The van der Waals surface area contributed by atoms with Gasteiger partial charge in [0.25, 0.3) is 17.5 Å². The monoisotopic (exact) mass is 453 g/mol. The van der Waals surface area contributed by atoms with Gasteiger partial charge in [0.05, 0.1) is 9.95 Å². The fraction of sp³-hybridized carbons (Fsp3) is 0. The van der Waals surface area contributed by atoms with Gasteiger partial charge in [0.15, 0.2) is 0 Å². The molecule has 1 heterocycles. The van der Waals surface area contributed by atoms with Crippen molar-refractivity contribution in [3.05, 3.63) is 99.0 Å². The number of rotatable bonds is 5.